The van der Waals surface area contributed by atoms with Gasteiger partial charge in [-0.15, -0.1) is 0 Å². The lowest BCUT2D eigenvalue weighted by Crippen LogP contribution is -2.57. The number of carbonyl (C=O) groups excluding carboxylic acids is 1. The van der Waals surface area contributed by atoms with Crippen molar-refractivity contribution < 1.29 is 14.7 Å². The van der Waals surface area contributed by atoms with Gasteiger partial charge in [0.25, 0.3) is 0 Å². The van der Waals surface area contributed by atoms with E-state index in [4.69, 9.17) is 0 Å². The number of hydrogen-bond acceptors (Lipinski definition) is 3. The quantitative estimate of drug-likeness (QED) is 0.703. The average Bonchev–Trinajstić information content (AvgIpc) is 2.24. The SMILES string of the molecule is CC1CCCNC1C(=O)N[C@H](C(=O)O)C(C)(C)C. The van der Waals surface area contributed by atoms with Crippen LogP contribution >= 0.6 is 0 Å². The van der Waals surface area contributed by atoms with Gasteiger partial charge < -0.3 is 15.7 Å². The number of carbonyl (C=O) groups is 2. The van der Waals surface area contributed by atoms with Gasteiger partial charge in [0, 0.05) is 0 Å². The van der Waals surface area contributed by atoms with Crippen molar-refractivity contribution in [1.29, 1.82) is 0 Å². The van der Waals surface area contributed by atoms with E-state index in [2.05, 4.69) is 10.6 Å². The molecule has 0 aromatic carbocycles. The number of piperidine rings is 1. The van der Waals surface area contributed by atoms with Gasteiger partial charge in [0.1, 0.15) is 6.04 Å². The van der Waals surface area contributed by atoms with Crippen molar-refractivity contribution in [3.8, 4) is 0 Å². The summed E-state index contributed by atoms with van der Waals surface area (Å²) in [5.74, 6) is -0.947. The second kappa shape index (κ2) is 5.69. The van der Waals surface area contributed by atoms with Gasteiger partial charge in [-0.1, -0.05) is 27.7 Å². The number of rotatable bonds is 3. The minimum Gasteiger partial charge on any atom is -0.480 e. The van der Waals surface area contributed by atoms with Crippen LogP contribution in [0.5, 0.6) is 0 Å². The lowest BCUT2D eigenvalue weighted by molar-refractivity contribution is -0.145. The number of carboxylic acids is 1. The molecule has 104 valence electrons. The van der Waals surface area contributed by atoms with E-state index in [9.17, 15) is 14.7 Å². The topological polar surface area (TPSA) is 78.4 Å². The van der Waals surface area contributed by atoms with Gasteiger partial charge in [0.2, 0.25) is 5.91 Å². The molecular weight excluding hydrogens is 232 g/mol. The van der Waals surface area contributed by atoms with E-state index in [1.54, 1.807) is 0 Å². The molecule has 2 unspecified atom stereocenters. The number of hydrogen-bond donors (Lipinski definition) is 3. The largest absolute Gasteiger partial charge is 0.480 e. The second-order valence-corrected chi connectivity index (χ2v) is 6.20. The lowest BCUT2D eigenvalue weighted by atomic mass is 9.85. The van der Waals surface area contributed by atoms with Gasteiger partial charge in [-0.2, -0.15) is 0 Å². The van der Waals surface area contributed by atoms with Crippen molar-refractivity contribution in [1.82, 2.24) is 10.6 Å². The predicted octanol–water partition coefficient (Wildman–Crippen LogP) is 0.990. The summed E-state index contributed by atoms with van der Waals surface area (Å²) in [6.07, 6.45) is 2.06. The molecule has 5 nitrogen and oxygen atoms in total. The third-order valence-corrected chi connectivity index (χ3v) is 3.45. The number of nitrogens with one attached hydrogen (secondary N) is 2. The van der Waals surface area contributed by atoms with E-state index >= 15 is 0 Å². The van der Waals surface area contributed by atoms with Crippen molar-refractivity contribution in [2.75, 3.05) is 6.54 Å². The molecule has 1 rings (SSSR count). The van der Waals surface area contributed by atoms with E-state index in [1.807, 2.05) is 27.7 Å². The zero-order valence-corrected chi connectivity index (χ0v) is 11.6. The Labute approximate surface area is 108 Å². The van der Waals surface area contributed by atoms with E-state index in [0.717, 1.165) is 19.4 Å². The zero-order chi connectivity index (χ0) is 13.9. The Morgan fingerprint density at radius 2 is 2.00 bits per heavy atom. The summed E-state index contributed by atoms with van der Waals surface area (Å²) in [5.41, 5.74) is -0.501. The Balaban J connectivity index is 2.69. The van der Waals surface area contributed by atoms with Crippen molar-refractivity contribution in [3.05, 3.63) is 0 Å². The summed E-state index contributed by atoms with van der Waals surface area (Å²) in [7, 11) is 0. The van der Waals surface area contributed by atoms with E-state index in [-0.39, 0.29) is 17.9 Å². The van der Waals surface area contributed by atoms with Crippen molar-refractivity contribution in [3.63, 3.8) is 0 Å². The van der Waals surface area contributed by atoms with Crippen LogP contribution in [0.4, 0.5) is 0 Å². The maximum atomic E-state index is 12.1. The Morgan fingerprint density at radius 1 is 1.39 bits per heavy atom. The molecule has 5 heteroatoms. The number of amides is 1. The summed E-state index contributed by atoms with van der Waals surface area (Å²) < 4.78 is 0. The van der Waals surface area contributed by atoms with Crippen LogP contribution in [0.3, 0.4) is 0 Å². The van der Waals surface area contributed by atoms with Crippen LogP contribution in [0, 0.1) is 11.3 Å². The monoisotopic (exact) mass is 256 g/mol. The molecule has 0 aliphatic carbocycles. The minimum absolute atomic E-state index is 0.204. The summed E-state index contributed by atoms with van der Waals surface area (Å²) in [6, 6.07) is -1.14. The fourth-order valence-corrected chi connectivity index (χ4v) is 2.28. The van der Waals surface area contributed by atoms with Crippen LogP contribution in [0.15, 0.2) is 0 Å². The second-order valence-electron chi connectivity index (χ2n) is 6.20. The molecule has 3 atom stereocenters. The highest BCUT2D eigenvalue weighted by atomic mass is 16.4. The molecule has 18 heavy (non-hydrogen) atoms. The average molecular weight is 256 g/mol. The minimum atomic E-state index is -0.987. The van der Waals surface area contributed by atoms with Crippen LogP contribution in [0.1, 0.15) is 40.5 Å². The first-order chi connectivity index (χ1) is 8.23. The van der Waals surface area contributed by atoms with Gasteiger partial charge in [-0.05, 0) is 30.7 Å². The van der Waals surface area contributed by atoms with Gasteiger partial charge in [-0.25, -0.2) is 4.79 Å². The molecular formula is C13H24N2O3. The van der Waals surface area contributed by atoms with Gasteiger partial charge in [-0.3, -0.25) is 4.79 Å². The van der Waals surface area contributed by atoms with E-state index in [0.29, 0.717) is 0 Å². The molecule has 1 aliphatic rings. The Morgan fingerprint density at radius 3 is 2.44 bits per heavy atom. The van der Waals surface area contributed by atoms with Crippen molar-refractivity contribution in [2.45, 2.75) is 52.6 Å². The maximum absolute atomic E-state index is 12.1. The summed E-state index contributed by atoms with van der Waals surface area (Å²) in [6.45, 7) is 8.26. The zero-order valence-electron chi connectivity index (χ0n) is 11.6. The van der Waals surface area contributed by atoms with Gasteiger partial charge >= 0.3 is 5.97 Å². The fraction of sp³-hybridized carbons (Fsp3) is 0.846. The van der Waals surface area contributed by atoms with Crippen molar-refractivity contribution >= 4 is 11.9 Å². The van der Waals surface area contributed by atoms with E-state index < -0.39 is 17.4 Å². The number of carboxylic acid groups (broad SMARTS) is 1. The molecule has 1 heterocycles. The third kappa shape index (κ3) is 3.70. The van der Waals surface area contributed by atoms with Gasteiger partial charge in [0.05, 0.1) is 6.04 Å². The molecule has 3 N–H and O–H groups in total. The normalized spacial score (nSPS) is 26.4. The molecule has 0 radical (unpaired) electrons. The van der Waals surface area contributed by atoms with Crippen LogP contribution in [0.25, 0.3) is 0 Å². The first-order valence-electron chi connectivity index (χ1n) is 6.50. The molecule has 1 saturated heterocycles. The highest BCUT2D eigenvalue weighted by molar-refractivity contribution is 5.87. The molecule has 0 bridgehead atoms. The molecule has 1 aliphatic heterocycles. The highest BCUT2D eigenvalue weighted by Crippen LogP contribution is 2.21. The smallest absolute Gasteiger partial charge is 0.326 e. The molecule has 0 aromatic rings. The van der Waals surface area contributed by atoms with E-state index in [1.165, 1.54) is 0 Å². The molecule has 0 aromatic heterocycles. The van der Waals surface area contributed by atoms with Crippen LogP contribution in [-0.4, -0.2) is 35.6 Å². The van der Waals surface area contributed by atoms with Crippen LogP contribution in [-0.2, 0) is 9.59 Å². The molecule has 1 fully saturated rings. The molecule has 1 amide bonds. The number of aliphatic carboxylic acids is 1. The lowest BCUT2D eigenvalue weighted by Gasteiger charge is -2.33. The first-order valence-corrected chi connectivity index (χ1v) is 6.50. The standard InChI is InChI=1S/C13H24N2O3/c1-8-6-5-7-14-9(8)11(16)15-10(12(17)18)13(2,3)4/h8-10,14H,5-7H2,1-4H3,(H,15,16)(H,17,18)/t8?,9?,10-/m1/s1. The first kappa shape index (κ1) is 15.0. The third-order valence-electron chi connectivity index (χ3n) is 3.45. The fourth-order valence-electron chi connectivity index (χ4n) is 2.28. The Kier molecular flexibility index (Phi) is 4.73. The summed E-state index contributed by atoms with van der Waals surface area (Å²) >= 11 is 0. The summed E-state index contributed by atoms with van der Waals surface area (Å²) in [4.78, 5) is 23.3. The molecule has 0 saturated carbocycles. The Bertz CT molecular complexity index is 323. The summed E-state index contributed by atoms with van der Waals surface area (Å²) in [5, 5.41) is 15.0. The van der Waals surface area contributed by atoms with Crippen LogP contribution < -0.4 is 10.6 Å². The van der Waals surface area contributed by atoms with Crippen LogP contribution in [0.2, 0.25) is 0 Å². The highest BCUT2D eigenvalue weighted by Gasteiger charge is 2.36. The maximum Gasteiger partial charge on any atom is 0.326 e. The molecule has 0 spiro atoms. The predicted molar refractivity (Wildman–Crippen MR) is 69.2 cm³/mol. The van der Waals surface area contributed by atoms with Crippen molar-refractivity contribution in [2.24, 2.45) is 11.3 Å². The Hall–Kier alpha value is -1.10. The van der Waals surface area contributed by atoms with Gasteiger partial charge in [0.15, 0.2) is 0 Å².